The Labute approximate surface area is 67.0 Å². The first-order valence-corrected chi connectivity index (χ1v) is 3.71. The van der Waals surface area contributed by atoms with Crippen molar-refractivity contribution in [3.8, 4) is 0 Å². The number of nitrogens with one attached hydrogen (secondary N) is 1. The third-order valence-corrected chi connectivity index (χ3v) is 1.88. The predicted molar refractivity (Wildman–Crippen MR) is 48.3 cm³/mol. The Hall–Kier alpha value is 0.180. The zero-order valence-corrected chi connectivity index (χ0v) is 7.17. The molecule has 52 valence electrons. The molecule has 0 unspecified atom stereocenters. The van der Waals surface area contributed by atoms with E-state index >= 15 is 0 Å². The molecule has 0 saturated heterocycles. The molecule has 3 heteroatoms. The van der Waals surface area contributed by atoms with Crippen LogP contribution in [0.1, 0.15) is 0 Å². The van der Waals surface area contributed by atoms with Crippen molar-refractivity contribution in [2.24, 2.45) is 0 Å². The van der Waals surface area contributed by atoms with Crippen molar-refractivity contribution in [1.29, 1.82) is 0 Å². The molecule has 0 aliphatic heterocycles. The quantitative estimate of drug-likeness (QED) is 0.416. The maximum Gasteiger partial charge on any atom is 0.0539 e. The summed E-state index contributed by atoms with van der Waals surface area (Å²) in [4.78, 5) is 0.813. The SMILES string of the molecule is C=C=C(S)[C@H](CS)NC. The molecule has 1 atom stereocenters. The van der Waals surface area contributed by atoms with E-state index in [9.17, 15) is 0 Å². The summed E-state index contributed by atoms with van der Waals surface area (Å²) in [6.45, 7) is 3.47. The van der Waals surface area contributed by atoms with Crippen molar-refractivity contribution in [2.75, 3.05) is 12.8 Å². The third kappa shape index (κ3) is 3.01. The molecule has 0 fully saturated rings. The molecule has 1 N–H and O–H groups in total. The van der Waals surface area contributed by atoms with Crippen LogP contribution in [0.25, 0.3) is 0 Å². The molecule has 0 saturated carbocycles. The zero-order chi connectivity index (χ0) is 7.28. The second kappa shape index (κ2) is 5.00. The fourth-order valence-electron chi connectivity index (χ4n) is 0.438. The summed E-state index contributed by atoms with van der Waals surface area (Å²) in [7, 11) is 1.86. The maximum atomic E-state index is 4.12. The standard InChI is InChI=1S/C6H11NS2/c1-3-6(9)5(4-8)7-2/h5,7-9H,1,4H2,2H3/t5-/m0/s1. The summed E-state index contributed by atoms with van der Waals surface area (Å²) >= 11 is 8.21. The summed E-state index contributed by atoms with van der Waals surface area (Å²) < 4.78 is 0. The van der Waals surface area contributed by atoms with Gasteiger partial charge in [-0.05, 0) is 7.05 Å². The van der Waals surface area contributed by atoms with Gasteiger partial charge in [0.2, 0.25) is 0 Å². The lowest BCUT2D eigenvalue weighted by Gasteiger charge is -2.09. The normalized spacial score (nSPS) is 12.3. The first kappa shape index (κ1) is 9.18. The third-order valence-electron chi connectivity index (χ3n) is 1.04. The van der Waals surface area contributed by atoms with Gasteiger partial charge in [-0.2, -0.15) is 12.6 Å². The first-order chi connectivity index (χ1) is 4.26. The van der Waals surface area contributed by atoms with Crippen LogP contribution in [0.5, 0.6) is 0 Å². The smallest absolute Gasteiger partial charge is 0.0539 e. The highest BCUT2D eigenvalue weighted by Gasteiger charge is 2.03. The van der Waals surface area contributed by atoms with E-state index in [1.54, 1.807) is 0 Å². The van der Waals surface area contributed by atoms with Crippen LogP contribution in [0.2, 0.25) is 0 Å². The summed E-state index contributed by atoms with van der Waals surface area (Å²) in [5.74, 6) is 0.720. The summed E-state index contributed by atoms with van der Waals surface area (Å²) in [6, 6.07) is 0.189. The van der Waals surface area contributed by atoms with Gasteiger partial charge in [0.25, 0.3) is 0 Å². The van der Waals surface area contributed by atoms with Gasteiger partial charge in [0.05, 0.1) is 6.04 Å². The van der Waals surface area contributed by atoms with Gasteiger partial charge in [-0.15, -0.1) is 18.4 Å². The molecule has 0 heterocycles. The highest BCUT2D eigenvalue weighted by atomic mass is 32.1. The van der Waals surface area contributed by atoms with Gasteiger partial charge in [-0.3, -0.25) is 0 Å². The molecule has 0 radical (unpaired) electrons. The topological polar surface area (TPSA) is 12.0 Å². The van der Waals surface area contributed by atoms with E-state index in [0.29, 0.717) is 0 Å². The Bertz CT molecular complexity index is 123. The van der Waals surface area contributed by atoms with Gasteiger partial charge in [0.1, 0.15) is 0 Å². The highest BCUT2D eigenvalue weighted by molar-refractivity contribution is 7.84. The minimum Gasteiger partial charge on any atom is -0.311 e. The van der Waals surface area contributed by atoms with Crippen molar-refractivity contribution in [3.05, 3.63) is 17.2 Å². The van der Waals surface area contributed by atoms with E-state index in [2.05, 4.69) is 42.9 Å². The maximum absolute atomic E-state index is 4.12. The van der Waals surface area contributed by atoms with Crippen LogP contribution in [-0.2, 0) is 0 Å². The first-order valence-electron chi connectivity index (χ1n) is 2.63. The van der Waals surface area contributed by atoms with E-state index in [1.807, 2.05) is 7.05 Å². The molecular weight excluding hydrogens is 150 g/mol. The van der Waals surface area contributed by atoms with Crippen LogP contribution in [0.15, 0.2) is 17.2 Å². The highest BCUT2D eigenvalue weighted by Crippen LogP contribution is 2.05. The fraction of sp³-hybridized carbons (Fsp3) is 0.500. The van der Waals surface area contributed by atoms with Crippen molar-refractivity contribution >= 4 is 25.3 Å². The van der Waals surface area contributed by atoms with Gasteiger partial charge in [0, 0.05) is 10.7 Å². The number of likely N-dealkylation sites (N-methyl/N-ethyl adjacent to an activating group) is 1. The minimum absolute atomic E-state index is 0.189. The second-order valence-corrected chi connectivity index (χ2v) is 2.43. The monoisotopic (exact) mass is 161 g/mol. The van der Waals surface area contributed by atoms with Gasteiger partial charge in [0.15, 0.2) is 0 Å². The second-order valence-electron chi connectivity index (χ2n) is 1.59. The van der Waals surface area contributed by atoms with Crippen molar-refractivity contribution in [1.82, 2.24) is 5.32 Å². The lowest BCUT2D eigenvalue weighted by molar-refractivity contribution is 0.733. The Balaban J connectivity index is 3.95. The molecular formula is C6H11NS2. The molecule has 1 nitrogen and oxygen atoms in total. The molecule has 9 heavy (non-hydrogen) atoms. The minimum atomic E-state index is 0.189. The summed E-state index contributed by atoms with van der Waals surface area (Å²) in [5, 5.41) is 3.01. The molecule has 0 spiro atoms. The van der Waals surface area contributed by atoms with E-state index in [0.717, 1.165) is 10.7 Å². The lowest BCUT2D eigenvalue weighted by atomic mass is 10.3. The Kier molecular flexibility index (Phi) is 5.10. The lowest BCUT2D eigenvalue weighted by Crippen LogP contribution is -2.26. The van der Waals surface area contributed by atoms with Crippen molar-refractivity contribution in [2.45, 2.75) is 6.04 Å². The summed E-state index contributed by atoms with van der Waals surface area (Å²) in [5.41, 5.74) is 2.69. The van der Waals surface area contributed by atoms with Gasteiger partial charge < -0.3 is 5.32 Å². The predicted octanol–water partition coefficient (Wildman–Crippen LogP) is 1.10. The summed E-state index contributed by atoms with van der Waals surface area (Å²) in [6.07, 6.45) is 0. The average Bonchev–Trinajstić information content (AvgIpc) is 1.90. The molecule has 0 rings (SSSR count). The van der Waals surface area contributed by atoms with Crippen molar-refractivity contribution in [3.63, 3.8) is 0 Å². The number of hydrogen-bond acceptors (Lipinski definition) is 3. The molecule has 0 aliphatic carbocycles. The van der Waals surface area contributed by atoms with Crippen molar-refractivity contribution < 1.29 is 0 Å². The van der Waals surface area contributed by atoms with E-state index in [1.165, 1.54) is 0 Å². The molecule has 0 aromatic carbocycles. The van der Waals surface area contributed by atoms with Crippen LogP contribution < -0.4 is 5.32 Å². The van der Waals surface area contributed by atoms with Crippen LogP contribution in [-0.4, -0.2) is 18.8 Å². The van der Waals surface area contributed by atoms with E-state index in [-0.39, 0.29) is 6.04 Å². The molecule has 0 aliphatic rings. The fourth-order valence-corrected chi connectivity index (χ4v) is 1.17. The van der Waals surface area contributed by atoms with Crippen LogP contribution in [0.4, 0.5) is 0 Å². The molecule has 0 bridgehead atoms. The van der Waals surface area contributed by atoms with Gasteiger partial charge in [-0.1, -0.05) is 6.58 Å². The van der Waals surface area contributed by atoms with E-state index in [4.69, 9.17) is 0 Å². The molecule has 0 aromatic heterocycles. The Morgan fingerprint density at radius 3 is 2.56 bits per heavy atom. The van der Waals surface area contributed by atoms with Crippen LogP contribution in [0.3, 0.4) is 0 Å². The molecule has 0 aromatic rings. The van der Waals surface area contributed by atoms with Crippen LogP contribution in [0, 0.1) is 0 Å². The largest absolute Gasteiger partial charge is 0.311 e. The average molecular weight is 161 g/mol. The van der Waals surface area contributed by atoms with Gasteiger partial charge >= 0.3 is 0 Å². The molecule has 0 amide bonds. The van der Waals surface area contributed by atoms with Gasteiger partial charge in [-0.25, -0.2) is 0 Å². The number of hydrogen-bond donors (Lipinski definition) is 3. The van der Waals surface area contributed by atoms with E-state index < -0.39 is 0 Å². The Morgan fingerprint density at radius 1 is 1.89 bits per heavy atom. The van der Waals surface area contributed by atoms with Crippen LogP contribution >= 0.6 is 25.3 Å². The Morgan fingerprint density at radius 2 is 2.44 bits per heavy atom. The zero-order valence-electron chi connectivity index (χ0n) is 5.39. The number of thiol groups is 2. The number of rotatable bonds is 3.